The Balaban J connectivity index is 1.47. The predicted octanol–water partition coefficient (Wildman–Crippen LogP) is 4.25. The number of nitrogens with one attached hydrogen (secondary N) is 4. The number of carbonyl (C=O) groups excluding carboxylic acids is 3. The highest BCUT2D eigenvalue weighted by molar-refractivity contribution is 7.80. The lowest BCUT2D eigenvalue weighted by molar-refractivity contribution is -0.115. The fourth-order valence-corrected chi connectivity index (χ4v) is 3.23. The van der Waals surface area contributed by atoms with Gasteiger partial charge in [0.15, 0.2) is 5.11 Å². The molecule has 0 aliphatic carbocycles. The third-order valence-electron chi connectivity index (χ3n) is 4.64. The van der Waals surface area contributed by atoms with Crippen molar-refractivity contribution in [3.63, 3.8) is 0 Å². The smallest absolute Gasteiger partial charge is 0.269 e. The average Bonchev–Trinajstić information content (AvgIpc) is 2.82. The van der Waals surface area contributed by atoms with Crippen molar-refractivity contribution in [2.75, 3.05) is 5.32 Å². The van der Waals surface area contributed by atoms with E-state index in [2.05, 4.69) is 21.5 Å². The van der Waals surface area contributed by atoms with Gasteiger partial charge in [-0.2, -0.15) is 0 Å². The molecule has 3 aromatic carbocycles. The largest absolute Gasteiger partial charge is 0.322 e. The monoisotopic (exact) mass is 492 g/mol. The minimum Gasteiger partial charge on any atom is -0.322 e. The molecule has 0 radical (unpaired) electrons. The zero-order valence-electron chi connectivity index (χ0n) is 18.1. The maximum Gasteiger partial charge on any atom is 0.269 e. The van der Waals surface area contributed by atoms with Crippen LogP contribution in [0.2, 0.25) is 5.02 Å². The Morgan fingerprint density at radius 1 is 0.853 bits per heavy atom. The number of amides is 3. The van der Waals surface area contributed by atoms with Gasteiger partial charge in [0.25, 0.3) is 11.8 Å². The molecular formula is C25H21ClN4O3S. The van der Waals surface area contributed by atoms with Gasteiger partial charge in [-0.05, 0) is 72.7 Å². The number of benzene rings is 3. The average molecular weight is 493 g/mol. The minimum absolute atomic E-state index is 0.0794. The number of rotatable bonds is 5. The highest BCUT2D eigenvalue weighted by atomic mass is 35.5. The Morgan fingerprint density at radius 2 is 1.53 bits per heavy atom. The fourth-order valence-electron chi connectivity index (χ4n) is 2.88. The van der Waals surface area contributed by atoms with E-state index in [-0.39, 0.29) is 11.0 Å². The van der Waals surface area contributed by atoms with Crippen molar-refractivity contribution in [2.24, 2.45) is 0 Å². The summed E-state index contributed by atoms with van der Waals surface area (Å²) >= 11 is 11.1. The van der Waals surface area contributed by atoms with E-state index in [1.165, 1.54) is 6.08 Å². The molecule has 3 amide bonds. The number of hydrogen-bond donors (Lipinski definition) is 4. The van der Waals surface area contributed by atoms with Crippen LogP contribution < -0.4 is 21.5 Å². The van der Waals surface area contributed by atoms with Crippen LogP contribution >= 0.6 is 23.8 Å². The Morgan fingerprint density at radius 3 is 2.24 bits per heavy atom. The molecule has 0 unspecified atom stereocenters. The molecule has 0 saturated heterocycles. The number of anilines is 1. The van der Waals surface area contributed by atoms with Crippen LogP contribution in [0.3, 0.4) is 0 Å². The van der Waals surface area contributed by atoms with Crippen molar-refractivity contribution in [3.05, 3.63) is 106 Å². The lowest BCUT2D eigenvalue weighted by atomic mass is 10.1. The summed E-state index contributed by atoms with van der Waals surface area (Å²) in [7, 11) is 0. The minimum atomic E-state index is -0.486. The molecule has 4 N–H and O–H groups in total. The molecule has 0 aromatic heterocycles. The maximum atomic E-state index is 12.4. The van der Waals surface area contributed by atoms with Gasteiger partial charge in [0.05, 0.1) is 0 Å². The second-order valence-electron chi connectivity index (χ2n) is 7.10. The SMILES string of the molecule is Cc1ccccc1C(=O)Nc1ccc(C(=O)NNC(=S)NC(=O)/C=C/c2ccccc2Cl)cc1. The molecule has 34 heavy (non-hydrogen) atoms. The van der Waals surface area contributed by atoms with Gasteiger partial charge < -0.3 is 5.32 Å². The number of aryl methyl sites for hydroxylation is 1. The van der Waals surface area contributed by atoms with Gasteiger partial charge in [0.1, 0.15) is 0 Å². The number of hydrazine groups is 1. The van der Waals surface area contributed by atoms with E-state index in [4.69, 9.17) is 23.8 Å². The molecule has 0 saturated carbocycles. The number of hydrogen-bond acceptors (Lipinski definition) is 4. The Bertz CT molecular complexity index is 1260. The fraction of sp³-hybridized carbons (Fsp3) is 0.0400. The van der Waals surface area contributed by atoms with Crippen molar-refractivity contribution < 1.29 is 14.4 Å². The van der Waals surface area contributed by atoms with E-state index in [9.17, 15) is 14.4 Å². The summed E-state index contributed by atoms with van der Waals surface area (Å²) in [4.78, 5) is 36.7. The molecule has 0 heterocycles. The molecule has 7 nitrogen and oxygen atoms in total. The summed E-state index contributed by atoms with van der Waals surface area (Å²) in [6, 6.07) is 20.7. The van der Waals surface area contributed by atoms with E-state index < -0.39 is 11.8 Å². The summed E-state index contributed by atoms with van der Waals surface area (Å²) < 4.78 is 0. The molecule has 9 heteroatoms. The normalized spacial score (nSPS) is 10.4. The highest BCUT2D eigenvalue weighted by Crippen LogP contribution is 2.16. The van der Waals surface area contributed by atoms with Crippen molar-refractivity contribution >= 4 is 58.4 Å². The Hall–Kier alpha value is -4.01. The molecule has 0 bridgehead atoms. The van der Waals surface area contributed by atoms with Crippen LogP contribution in [0.25, 0.3) is 6.08 Å². The van der Waals surface area contributed by atoms with E-state index >= 15 is 0 Å². The predicted molar refractivity (Wildman–Crippen MR) is 137 cm³/mol. The maximum absolute atomic E-state index is 12.4. The van der Waals surface area contributed by atoms with Crippen LogP contribution in [0.15, 0.2) is 78.9 Å². The zero-order chi connectivity index (χ0) is 24.5. The van der Waals surface area contributed by atoms with Crippen LogP contribution in [-0.4, -0.2) is 22.8 Å². The van der Waals surface area contributed by atoms with E-state index in [1.807, 2.05) is 19.1 Å². The molecule has 3 aromatic rings. The second kappa shape index (κ2) is 11.7. The van der Waals surface area contributed by atoms with Gasteiger partial charge >= 0.3 is 0 Å². The second-order valence-corrected chi connectivity index (χ2v) is 7.91. The first-order valence-electron chi connectivity index (χ1n) is 10.1. The lowest BCUT2D eigenvalue weighted by Gasteiger charge is -2.11. The summed E-state index contributed by atoms with van der Waals surface area (Å²) in [6.45, 7) is 1.86. The van der Waals surface area contributed by atoms with Gasteiger partial charge in [0, 0.05) is 27.9 Å². The highest BCUT2D eigenvalue weighted by Gasteiger charge is 2.10. The summed E-state index contributed by atoms with van der Waals surface area (Å²) in [5.41, 5.74) is 7.87. The Labute approximate surface area is 207 Å². The first kappa shape index (κ1) is 24.6. The molecule has 0 spiro atoms. The van der Waals surface area contributed by atoms with Crippen LogP contribution in [0.1, 0.15) is 31.8 Å². The number of halogens is 1. The molecule has 0 aliphatic heterocycles. The van der Waals surface area contributed by atoms with Crippen molar-refractivity contribution in [1.82, 2.24) is 16.2 Å². The molecule has 3 rings (SSSR count). The lowest BCUT2D eigenvalue weighted by Crippen LogP contribution is -2.48. The number of thiocarbonyl (C=S) groups is 1. The summed E-state index contributed by atoms with van der Waals surface area (Å²) in [5.74, 6) is -1.19. The van der Waals surface area contributed by atoms with Gasteiger partial charge in [0.2, 0.25) is 5.91 Å². The molecule has 0 aliphatic rings. The van der Waals surface area contributed by atoms with Crippen molar-refractivity contribution in [2.45, 2.75) is 6.92 Å². The summed E-state index contributed by atoms with van der Waals surface area (Å²) in [5, 5.41) is 5.65. The molecule has 172 valence electrons. The van der Waals surface area contributed by atoms with Gasteiger partial charge in [-0.15, -0.1) is 0 Å². The van der Waals surface area contributed by atoms with Crippen LogP contribution in [0.4, 0.5) is 5.69 Å². The first-order chi connectivity index (χ1) is 16.3. The zero-order valence-corrected chi connectivity index (χ0v) is 19.7. The van der Waals surface area contributed by atoms with E-state index in [0.29, 0.717) is 27.4 Å². The van der Waals surface area contributed by atoms with E-state index in [0.717, 1.165) is 5.56 Å². The van der Waals surface area contributed by atoms with Crippen molar-refractivity contribution in [3.8, 4) is 0 Å². The van der Waals surface area contributed by atoms with E-state index in [1.54, 1.807) is 66.7 Å². The third-order valence-corrected chi connectivity index (χ3v) is 5.19. The van der Waals surface area contributed by atoms with Crippen LogP contribution in [-0.2, 0) is 4.79 Å². The van der Waals surface area contributed by atoms with Gasteiger partial charge in [-0.25, -0.2) is 0 Å². The van der Waals surface area contributed by atoms with Gasteiger partial charge in [-0.1, -0.05) is 48.0 Å². The van der Waals surface area contributed by atoms with Crippen molar-refractivity contribution in [1.29, 1.82) is 0 Å². The topological polar surface area (TPSA) is 99.3 Å². The first-order valence-corrected chi connectivity index (χ1v) is 10.9. The number of carbonyl (C=O) groups is 3. The summed E-state index contributed by atoms with van der Waals surface area (Å²) in [6.07, 6.45) is 2.83. The van der Waals surface area contributed by atoms with Gasteiger partial charge in [-0.3, -0.25) is 30.6 Å². The molecule has 0 atom stereocenters. The van der Waals surface area contributed by atoms with Crippen LogP contribution in [0.5, 0.6) is 0 Å². The van der Waals surface area contributed by atoms with Crippen LogP contribution in [0, 0.1) is 6.92 Å². The standard InChI is InChI=1S/C25H21ClN4O3S/c1-16-6-2-4-8-20(16)24(33)27-19-13-10-18(11-14-19)23(32)29-30-25(34)28-22(31)15-12-17-7-3-5-9-21(17)26/h2-15H,1H3,(H,27,33)(H,29,32)(H2,28,30,31,34)/b15-12+. The quantitative estimate of drug-likeness (QED) is 0.242. The molecule has 0 fully saturated rings. The Kier molecular flexibility index (Phi) is 8.50. The third kappa shape index (κ3) is 6.99. The molecular weight excluding hydrogens is 472 g/mol.